The molecule has 1 aromatic heterocycles. The summed E-state index contributed by atoms with van der Waals surface area (Å²) in [5.74, 6) is 0.311. The minimum absolute atomic E-state index is 0.275. The van der Waals surface area contributed by atoms with Gasteiger partial charge in [-0.25, -0.2) is 4.79 Å². The van der Waals surface area contributed by atoms with Gasteiger partial charge in [0.2, 0.25) is 0 Å². The Labute approximate surface area is 119 Å². The molecular formula is C15H13N3O3. The fraction of sp³-hybridized carbons (Fsp3) is 0.0667. The summed E-state index contributed by atoms with van der Waals surface area (Å²) in [7, 11) is 1.54. The van der Waals surface area contributed by atoms with Gasteiger partial charge in [0.15, 0.2) is 0 Å². The predicted molar refractivity (Wildman–Crippen MR) is 79.9 cm³/mol. The first-order valence-corrected chi connectivity index (χ1v) is 6.34. The number of H-pyrrole nitrogens is 2. The van der Waals surface area contributed by atoms with Crippen molar-refractivity contribution in [3.63, 3.8) is 0 Å². The van der Waals surface area contributed by atoms with Crippen LogP contribution in [0, 0.1) is 0 Å². The molecular weight excluding hydrogens is 270 g/mol. The van der Waals surface area contributed by atoms with Gasteiger partial charge in [0, 0.05) is 5.56 Å². The van der Waals surface area contributed by atoms with Gasteiger partial charge in [-0.2, -0.15) is 0 Å². The molecule has 0 spiro atoms. The number of aromatic nitrogens is 2. The molecule has 0 fully saturated rings. The number of methoxy groups -OCH3 is 1. The lowest BCUT2D eigenvalue weighted by Crippen LogP contribution is -2.12. The van der Waals surface area contributed by atoms with E-state index in [0.29, 0.717) is 28.0 Å². The number of benzene rings is 2. The maximum atomic E-state index is 12.3. The van der Waals surface area contributed by atoms with Crippen molar-refractivity contribution in [2.24, 2.45) is 0 Å². The predicted octanol–water partition coefficient (Wildman–Crippen LogP) is 2.12. The normalized spacial score (nSPS) is 10.5. The van der Waals surface area contributed by atoms with Crippen LogP contribution in [0.5, 0.6) is 5.75 Å². The summed E-state index contributed by atoms with van der Waals surface area (Å²) in [4.78, 5) is 28.7. The first-order chi connectivity index (χ1) is 10.2. The fourth-order valence-electron chi connectivity index (χ4n) is 2.12. The third-order valence-electron chi connectivity index (χ3n) is 3.13. The number of aromatic amines is 2. The second-order valence-corrected chi connectivity index (χ2v) is 4.49. The molecule has 6 nitrogen and oxygen atoms in total. The zero-order valence-electron chi connectivity index (χ0n) is 11.3. The van der Waals surface area contributed by atoms with E-state index >= 15 is 0 Å². The van der Waals surface area contributed by atoms with E-state index in [-0.39, 0.29) is 11.6 Å². The second kappa shape index (κ2) is 5.16. The number of anilines is 1. The van der Waals surface area contributed by atoms with E-state index in [1.807, 2.05) is 12.1 Å². The molecule has 0 aliphatic rings. The van der Waals surface area contributed by atoms with Crippen LogP contribution in [0.15, 0.2) is 47.3 Å². The standard InChI is InChI=1S/C15H13N3O3/c1-21-13-5-3-2-4-11(13)16-14(19)9-6-7-10-12(8-9)18-15(20)17-10/h2-8H,1H3,(H,16,19)(H2,17,18,20). The van der Waals surface area contributed by atoms with Gasteiger partial charge < -0.3 is 20.0 Å². The van der Waals surface area contributed by atoms with Gasteiger partial charge >= 0.3 is 5.69 Å². The molecule has 2 aromatic carbocycles. The maximum absolute atomic E-state index is 12.3. The zero-order chi connectivity index (χ0) is 14.8. The number of carbonyl (C=O) groups is 1. The number of nitrogens with one attached hydrogen (secondary N) is 3. The van der Waals surface area contributed by atoms with Gasteiger partial charge in [-0.05, 0) is 30.3 Å². The van der Waals surface area contributed by atoms with Crippen LogP contribution >= 0.6 is 0 Å². The Bertz CT molecular complexity index is 864. The van der Waals surface area contributed by atoms with E-state index < -0.39 is 0 Å². The number of hydrogen-bond acceptors (Lipinski definition) is 3. The number of ether oxygens (including phenoxy) is 1. The highest BCUT2D eigenvalue weighted by Crippen LogP contribution is 2.23. The first kappa shape index (κ1) is 13.0. The van der Waals surface area contributed by atoms with Crippen molar-refractivity contribution in [2.45, 2.75) is 0 Å². The zero-order valence-corrected chi connectivity index (χ0v) is 11.3. The molecule has 0 aliphatic carbocycles. The molecule has 6 heteroatoms. The van der Waals surface area contributed by atoms with E-state index in [1.165, 1.54) is 0 Å². The Morgan fingerprint density at radius 3 is 2.67 bits per heavy atom. The van der Waals surface area contributed by atoms with Crippen molar-refractivity contribution in [1.29, 1.82) is 0 Å². The lowest BCUT2D eigenvalue weighted by Gasteiger charge is -2.09. The smallest absolute Gasteiger partial charge is 0.323 e. The van der Waals surface area contributed by atoms with E-state index in [4.69, 9.17) is 4.74 Å². The Kier molecular flexibility index (Phi) is 3.19. The van der Waals surface area contributed by atoms with E-state index in [1.54, 1.807) is 37.4 Å². The molecule has 0 radical (unpaired) electrons. The van der Waals surface area contributed by atoms with Crippen molar-refractivity contribution in [1.82, 2.24) is 9.97 Å². The quantitative estimate of drug-likeness (QED) is 0.688. The number of rotatable bonds is 3. The van der Waals surface area contributed by atoms with Gasteiger partial charge in [-0.15, -0.1) is 0 Å². The number of para-hydroxylation sites is 2. The van der Waals surface area contributed by atoms with Crippen LogP contribution in [0.1, 0.15) is 10.4 Å². The second-order valence-electron chi connectivity index (χ2n) is 4.49. The van der Waals surface area contributed by atoms with Crippen LogP contribution in [0.2, 0.25) is 0 Å². The molecule has 0 bridgehead atoms. The summed E-state index contributed by atoms with van der Waals surface area (Å²) in [6.45, 7) is 0. The van der Waals surface area contributed by atoms with Gasteiger partial charge in [-0.1, -0.05) is 12.1 Å². The largest absolute Gasteiger partial charge is 0.495 e. The summed E-state index contributed by atoms with van der Waals surface area (Å²) in [5.41, 5.74) is 1.99. The molecule has 0 atom stereocenters. The van der Waals surface area contributed by atoms with Crippen LogP contribution in [0.25, 0.3) is 11.0 Å². The first-order valence-electron chi connectivity index (χ1n) is 6.34. The molecule has 0 unspecified atom stereocenters. The Hall–Kier alpha value is -3.02. The summed E-state index contributed by atoms with van der Waals surface area (Å²) < 4.78 is 5.19. The molecule has 3 aromatic rings. The van der Waals surface area contributed by atoms with Gasteiger partial charge in [-0.3, -0.25) is 4.79 Å². The van der Waals surface area contributed by atoms with Crippen molar-refractivity contribution >= 4 is 22.6 Å². The van der Waals surface area contributed by atoms with Crippen molar-refractivity contribution in [3.8, 4) is 5.75 Å². The highest BCUT2D eigenvalue weighted by molar-refractivity contribution is 6.06. The summed E-state index contributed by atoms with van der Waals surface area (Å²) in [6.07, 6.45) is 0. The van der Waals surface area contributed by atoms with Crippen LogP contribution in [-0.2, 0) is 0 Å². The summed E-state index contributed by atoms with van der Waals surface area (Å²) in [5, 5.41) is 2.78. The average Bonchev–Trinajstić information content (AvgIpc) is 2.86. The van der Waals surface area contributed by atoms with Crippen LogP contribution in [0.4, 0.5) is 5.69 Å². The molecule has 21 heavy (non-hydrogen) atoms. The Morgan fingerprint density at radius 2 is 1.86 bits per heavy atom. The van der Waals surface area contributed by atoms with Crippen LogP contribution in [0.3, 0.4) is 0 Å². The molecule has 106 valence electrons. The molecule has 1 heterocycles. The van der Waals surface area contributed by atoms with Crippen LogP contribution in [-0.4, -0.2) is 23.0 Å². The number of carbonyl (C=O) groups excluding carboxylic acids is 1. The summed E-state index contributed by atoms with van der Waals surface area (Å²) in [6, 6.07) is 12.1. The molecule has 0 saturated heterocycles. The third-order valence-corrected chi connectivity index (χ3v) is 3.13. The SMILES string of the molecule is COc1ccccc1NC(=O)c1ccc2[nH]c(=O)[nH]c2c1. The van der Waals surface area contributed by atoms with Gasteiger partial charge in [0.25, 0.3) is 5.91 Å². The van der Waals surface area contributed by atoms with E-state index in [9.17, 15) is 9.59 Å². The highest BCUT2D eigenvalue weighted by atomic mass is 16.5. The molecule has 1 amide bonds. The number of hydrogen-bond donors (Lipinski definition) is 3. The number of amides is 1. The van der Waals surface area contributed by atoms with Crippen molar-refractivity contribution in [2.75, 3.05) is 12.4 Å². The Morgan fingerprint density at radius 1 is 1.10 bits per heavy atom. The fourth-order valence-corrected chi connectivity index (χ4v) is 2.12. The molecule has 0 aliphatic heterocycles. The average molecular weight is 283 g/mol. The lowest BCUT2D eigenvalue weighted by molar-refractivity contribution is 0.102. The Balaban J connectivity index is 1.91. The van der Waals surface area contributed by atoms with Gasteiger partial charge in [0.1, 0.15) is 5.75 Å². The monoisotopic (exact) mass is 283 g/mol. The van der Waals surface area contributed by atoms with Crippen LogP contribution < -0.4 is 15.7 Å². The van der Waals surface area contributed by atoms with Crippen molar-refractivity contribution < 1.29 is 9.53 Å². The van der Waals surface area contributed by atoms with E-state index in [0.717, 1.165) is 0 Å². The summed E-state index contributed by atoms with van der Waals surface area (Å²) >= 11 is 0. The topological polar surface area (TPSA) is 87.0 Å². The minimum Gasteiger partial charge on any atom is -0.495 e. The lowest BCUT2D eigenvalue weighted by atomic mass is 10.2. The number of fused-ring (bicyclic) bond motifs is 1. The molecule has 3 N–H and O–H groups in total. The number of imidazole rings is 1. The molecule has 3 rings (SSSR count). The molecule has 0 saturated carbocycles. The van der Waals surface area contributed by atoms with E-state index in [2.05, 4.69) is 15.3 Å². The highest BCUT2D eigenvalue weighted by Gasteiger charge is 2.10. The third kappa shape index (κ3) is 2.51. The van der Waals surface area contributed by atoms with Crippen molar-refractivity contribution in [3.05, 3.63) is 58.5 Å². The minimum atomic E-state index is -0.299. The maximum Gasteiger partial charge on any atom is 0.323 e. The van der Waals surface area contributed by atoms with Gasteiger partial charge in [0.05, 0.1) is 23.8 Å².